The predicted octanol–water partition coefficient (Wildman–Crippen LogP) is 7.44. The number of carboxylic acids is 1. The van der Waals surface area contributed by atoms with Gasteiger partial charge in [0, 0.05) is 18.4 Å². The summed E-state index contributed by atoms with van der Waals surface area (Å²) in [5.41, 5.74) is 6.57. The van der Waals surface area contributed by atoms with Crippen molar-refractivity contribution in [2.24, 2.45) is 35.3 Å². The van der Waals surface area contributed by atoms with E-state index in [1.165, 1.54) is 0 Å². The summed E-state index contributed by atoms with van der Waals surface area (Å²) in [6, 6.07) is 19.1. The molecule has 2 aromatic rings. The number of carboxylic acid groups (broad SMARTS) is 1. The summed E-state index contributed by atoms with van der Waals surface area (Å²) < 4.78 is 10.4. The van der Waals surface area contributed by atoms with Gasteiger partial charge in [-0.05, 0) is 62.5 Å². The van der Waals surface area contributed by atoms with Gasteiger partial charge in [-0.1, -0.05) is 102 Å². The van der Waals surface area contributed by atoms with Crippen LogP contribution in [-0.2, 0) is 51.0 Å². The molecule has 2 saturated heterocycles. The van der Waals surface area contributed by atoms with Gasteiger partial charge in [0.25, 0.3) is 0 Å². The van der Waals surface area contributed by atoms with E-state index >= 15 is 0 Å². The molecule has 2 aromatic carbocycles. The molecule has 6 atom stereocenters. The molecule has 12 heteroatoms. The van der Waals surface area contributed by atoms with Crippen molar-refractivity contribution in [3.63, 3.8) is 0 Å². The van der Waals surface area contributed by atoms with Gasteiger partial charge < -0.3 is 25.6 Å². The number of amides is 1. The van der Waals surface area contributed by atoms with E-state index in [0.29, 0.717) is 60.3 Å². The van der Waals surface area contributed by atoms with Gasteiger partial charge in [-0.15, -0.1) is 0 Å². The average molecular weight is 972 g/mol. The SMILES string of the molecule is CC(C)CC(CN)C(=O)[C@@]1(C)CO1.CC(C)C[C@H](NC(=O)[C@@H](C)Cc1ccccc1)C(=O)[C@@]1(C)CO1.C[C@@H](Cc1ccccc1)C(=O)O.[I][V][I]. The van der Waals surface area contributed by atoms with Crippen molar-refractivity contribution in [3.8, 4) is 0 Å². The molecule has 0 saturated carbocycles. The molecule has 0 aromatic heterocycles. The molecule has 0 bridgehead atoms. The zero-order valence-corrected chi connectivity index (χ0v) is 37.1. The number of ketones is 2. The molecule has 0 spiro atoms. The number of ether oxygens (including phenoxy) is 2. The van der Waals surface area contributed by atoms with E-state index in [-0.39, 0.29) is 35.2 Å². The van der Waals surface area contributed by atoms with Crippen molar-refractivity contribution in [2.45, 2.75) is 98.3 Å². The molecule has 2 aliphatic heterocycles. The Morgan fingerprint density at radius 2 is 1.16 bits per heavy atom. The van der Waals surface area contributed by atoms with E-state index in [0.717, 1.165) is 17.5 Å². The number of aliphatic carboxylic acids is 1. The summed E-state index contributed by atoms with van der Waals surface area (Å²) in [7, 11) is 0.628. The predicted molar refractivity (Wildman–Crippen MR) is 216 cm³/mol. The second-order valence-corrected chi connectivity index (χ2v) is 26.4. The Morgan fingerprint density at radius 1 is 0.765 bits per heavy atom. The molecule has 285 valence electrons. The topological polar surface area (TPSA) is 152 Å². The normalized spacial score (nSPS) is 20.7. The molecular formula is C39H58I2N2O7V. The van der Waals surface area contributed by atoms with E-state index in [9.17, 15) is 19.2 Å². The van der Waals surface area contributed by atoms with Gasteiger partial charge in [-0.3, -0.25) is 19.2 Å². The number of rotatable bonds is 16. The Hall–Kier alpha value is -1.36. The fraction of sp³-hybridized carbons (Fsp3) is 0.590. The van der Waals surface area contributed by atoms with Gasteiger partial charge in [0.2, 0.25) is 5.91 Å². The zero-order valence-electron chi connectivity index (χ0n) is 31.4. The van der Waals surface area contributed by atoms with Crippen molar-refractivity contribution in [3.05, 3.63) is 71.8 Å². The third kappa shape index (κ3) is 19.0. The number of hydrogen-bond acceptors (Lipinski definition) is 7. The van der Waals surface area contributed by atoms with Crippen molar-refractivity contribution in [2.75, 3.05) is 19.8 Å². The fourth-order valence-electron chi connectivity index (χ4n) is 5.31. The van der Waals surface area contributed by atoms with Gasteiger partial charge in [0.15, 0.2) is 11.6 Å². The van der Waals surface area contributed by atoms with Crippen LogP contribution in [0.2, 0.25) is 0 Å². The first-order chi connectivity index (χ1) is 23.9. The molecule has 2 aliphatic rings. The van der Waals surface area contributed by atoms with E-state index < -0.39 is 23.2 Å². The van der Waals surface area contributed by atoms with Crippen LogP contribution in [0, 0.1) is 29.6 Å². The van der Waals surface area contributed by atoms with Crippen LogP contribution in [-0.4, -0.2) is 65.6 Å². The van der Waals surface area contributed by atoms with Gasteiger partial charge in [-0.25, -0.2) is 0 Å². The molecule has 9 nitrogen and oxygen atoms in total. The summed E-state index contributed by atoms with van der Waals surface area (Å²) in [6.45, 7) is 17.0. The second-order valence-electron chi connectivity index (χ2n) is 14.6. The monoisotopic (exact) mass is 971 g/mol. The fourth-order valence-corrected chi connectivity index (χ4v) is 5.31. The third-order valence-corrected chi connectivity index (χ3v) is 8.59. The maximum absolute atomic E-state index is 12.5. The van der Waals surface area contributed by atoms with Crippen LogP contribution in [0.5, 0.6) is 0 Å². The van der Waals surface area contributed by atoms with Crippen molar-refractivity contribution in [1.82, 2.24) is 5.32 Å². The molecular weight excluding hydrogens is 913 g/mol. The van der Waals surface area contributed by atoms with Gasteiger partial charge >= 0.3 is 55.4 Å². The van der Waals surface area contributed by atoms with E-state index in [1.54, 1.807) is 13.8 Å². The van der Waals surface area contributed by atoms with Crippen LogP contribution in [0.25, 0.3) is 0 Å². The first kappa shape index (κ1) is 47.7. The molecule has 1 unspecified atom stereocenters. The zero-order chi connectivity index (χ0) is 38.8. The van der Waals surface area contributed by atoms with Crippen molar-refractivity contribution in [1.29, 1.82) is 0 Å². The summed E-state index contributed by atoms with van der Waals surface area (Å²) in [5.74, 6) is -0.283. The average Bonchev–Trinajstić information content (AvgIpc) is 4.02. The minimum atomic E-state index is -0.737. The summed E-state index contributed by atoms with van der Waals surface area (Å²) in [6.07, 6.45) is 2.79. The molecule has 2 fully saturated rings. The van der Waals surface area contributed by atoms with Crippen LogP contribution in [0.15, 0.2) is 60.7 Å². The summed E-state index contributed by atoms with van der Waals surface area (Å²) in [4.78, 5) is 47.3. The number of nitrogens with one attached hydrogen (secondary N) is 1. The molecule has 2 heterocycles. The number of Topliss-reactive ketones (excluding diaryl/α,β-unsaturated/α-hetero) is 2. The maximum atomic E-state index is 12.5. The quantitative estimate of drug-likeness (QED) is 0.116. The Balaban J connectivity index is 0.000000395. The molecule has 0 aliphatic carbocycles. The molecule has 4 rings (SSSR count). The molecule has 51 heavy (non-hydrogen) atoms. The number of halogens is 2. The Bertz CT molecular complexity index is 1340. The van der Waals surface area contributed by atoms with E-state index in [4.69, 9.17) is 20.3 Å². The van der Waals surface area contributed by atoms with E-state index in [1.807, 2.05) is 74.5 Å². The number of nitrogens with two attached hydrogens (primary N) is 1. The van der Waals surface area contributed by atoms with Crippen molar-refractivity contribution < 1.29 is 43.2 Å². The van der Waals surface area contributed by atoms with Crippen LogP contribution in [0.4, 0.5) is 0 Å². The van der Waals surface area contributed by atoms with Gasteiger partial charge in [0.1, 0.15) is 11.2 Å². The molecule has 4 N–H and O–H groups in total. The standard InChI is InChI=1S/C19H27NO3.C10H19NO2.C10H12O2.2HI.V/c1-13(2)10-16(17(21)19(4)12-23-19)20-18(22)14(3)11-15-8-6-5-7-9-15;1-7(2)4-8(5-11)9(12)10(3)6-13-10;1-8(10(11)12)7-9-5-3-2-4-6-9;;;/h5-9,13-14,16H,10-12H2,1-4H3,(H,20,22);7-8H,4-6,11H2,1-3H3;2-6,8H,7H2,1H3,(H,11,12);2*1H;/q;;;;;+2/p-2/t14-,16-,19+;8?,10-;8-;;;/m010.../s1. The Kier molecular flexibility index (Phi) is 22.6. The number of carbonyl (C=O) groups excluding carboxylic acids is 3. The van der Waals surface area contributed by atoms with Gasteiger partial charge in [-0.2, -0.15) is 0 Å². The first-order valence-corrected chi connectivity index (χ1v) is 26.5. The third-order valence-electron chi connectivity index (χ3n) is 8.59. The van der Waals surface area contributed by atoms with Crippen molar-refractivity contribution >= 4 is 63.4 Å². The van der Waals surface area contributed by atoms with Gasteiger partial charge in [0.05, 0.1) is 25.2 Å². The molecule has 0 radical (unpaired) electrons. The van der Waals surface area contributed by atoms with Crippen LogP contribution < -0.4 is 11.1 Å². The number of benzene rings is 2. The Morgan fingerprint density at radius 3 is 1.51 bits per heavy atom. The Labute approximate surface area is 334 Å². The minimum absolute atomic E-state index is 0.00791. The number of carbonyl (C=O) groups is 4. The molecule has 1 amide bonds. The summed E-state index contributed by atoms with van der Waals surface area (Å²) in [5, 5.41) is 11.6. The number of hydrogen-bond donors (Lipinski definition) is 3. The second kappa shape index (κ2) is 24.1. The first-order valence-electron chi connectivity index (χ1n) is 17.5. The van der Waals surface area contributed by atoms with Crippen LogP contribution >= 0.6 is 40.0 Å². The summed E-state index contributed by atoms with van der Waals surface area (Å²) >= 11 is 4.74. The number of epoxide rings is 2. The van der Waals surface area contributed by atoms with E-state index in [2.05, 4.69) is 73.0 Å². The van der Waals surface area contributed by atoms with Crippen LogP contribution in [0.1, 0.15) is 79.4 Å². The van der Waals surface area contributed by atoms with Crippen LogP contribution in [0.3, 0.4) is 0 Å².